The highest BCUT2D eigenvalue weighted by Crippen LogP contribution is 2.22. The maximum absolute atomic E-state index is 11.9. The van der Waals surface area contributed by atoms with Gasteiger partial charge in [0.25, 0.3) is 5.91 Å². The van der Waals surface area contributed by atoms with Crippen LogP contribution in [0, 0.1) is 0 Å². The average Bonchev–Trinajstić information content (AvgIpc) is 2.84. The van der Waals surface area contributed by atoms with Crippen LogP contribution in [0.15, 0.2) is 24.3 Å². The standard InChI is InChI=1S/C17H23NO6S/c1-17(9-10-25(21,22)12-17)18-15(19)11-24-16(20)8-5-13-3-6-14(23-2)7-4-13/h3-4,6-7H,5,8-12H2,1-2H3,(H,18,19)/t17-/m1/s1. The van der Waals surface area contributed by atoms with Gasteiger partial charge in [-0.15, -0.1) is 0 Å². The molecular formula is C17H23NO6S. The molecule has 1 aliphatic rings. The van der Waals surface area contributed by atoms with Crippen molar-refractivity contribution in [3.05, 3.63) is 29.8 Å². The zero-order valence-electron chi connectivity index (χ0n) is 14.4. The van der Waals surface area contributed by atoms with Gasteiger partial charge in [-0.25, -0.2) is 8.42 Å². The van der Waals surface area contributed by atoms with Crippen molar-refractivity contribution in [2.45, 2.75) is 31.7 Å². The number of esters is 1. The van der Waals surface area contributed by atoms with Crippen LogP contribution in [0.5, 0.6) is 5.75 Å². The van der Waals surface area contributed by atoms with Crippen LogP contribution in [0.3, 0.4) is 0 Å². The van der Waals surface area contributed by atoms with Gasteiger partial charge in [0.15, 0.2) is 16.4 Å². The molecule has 1 heterocycles. The first-order valence-electron chi connectivity index (χ1n) is 8.01. The molecule has 0 aliphatic carbocycles. The summed E-state index contributed by atoms with van der Waals surface area (Å²) in [5, 5.41) is 2.64. The van der Waals surface area contributed by atoms with E-state index in [-0.39, 0.29) is 17.9 Å². The van der Waals surface area contributed by atoms with Gasteiger partial charge >= 0.3 is 5.97 Å². The lowest BCUT2D eigenvalue weighted by atomic mass is 10.0. The van der Waals surface area contributed by atoms with E-state index in [0.717, 1.165) is 11.3 Å². The fourth-order valence-corrected chi connectivity index (χ4v) is 4.83. The number of benzene rings is 1. The second-order valence-corrected chi connectivity index (χ2v) is 8.64. The van der Waals surface area contributed by atoms with Crippen molar-refractivity contribution in [3.63, 3.8) is 0 Å². The van der Waals surface area contributed by atoms with Gasteiger partial charge in [-0.3, -0.25) is 9.59 Å². The summed E-state index contributed by atoms with van der Waals surface area (Å²) in [5.74, 6) is -0.249. The molecule has 8 heteroatoms. The topological polar surface area (TPSA) is 98.8 Å². The summed E-state index contributed by atoms with van der Waals surface area (Å²) in [6.45, 7) is 1.28. The Kier molecular flexibility index (Phi) is 6.05. The van der Waals surface area contributed by atoms with Gasteiger partial charge in [0.05, 0.1) is 24.2 Å². The molecule has 1 N–H and O–H groups in total. The fourth-order valence-electron chi connectivity index (χ4n) is 2.74. The molecule has 1 fully saturated rings. The Bertz CT molecular complexity index is 728. The van der Waals surface area contributed by atoms with Gasteiger partial charge in [0.1, 0.15) is 5.75 Å². The van der Waals surface area contributed by atoms with E-state index in [2.05, 4.69) is 5.32 Å². The molecule has 2 rings (SSSR count). The fraction of sp³-hybridized carbons (Fsp3) is 0.529. The van der Waals surface area contributed by atoms with E-state index in [4.69, 9.17) is 9.47 Å². The number of amides is 1. The number of aryl methyl sites for hydroxylation is 1. The second kappa shape index (κ2) is 7.86. The lowest BCUT2D eigenvalue weighted by molar-refractivity contribution is -0.148. The Morgan fingerprint density at radius 1 is 1.24 bits per heavy atom. The Balaban J connectivity index is 1.71. The SMILES string of the molecule is COc1ccc(CCC(=O)OCC(=O)N[C@]2(C)CCS(=O)(=O)C2)cc1. The lowest BCUT2D eigenvalue weighted by Gasteiger charge is -2.23. The minimum atomic E-state index is -3.11. The lowest BCUT2D eigenvalue weighted by Crippen LogP contribution is -2.48. The number of hydrogen-bond acceptors (Lipinski definition) is 6. The summed E-state index contributed by atoms with van der Waals surface area (Å²) in [4.78, 5) is 23.6. The van der Waals surface area contributed by atoms with Crippen LogP contribution in [0.4, 0.5) is 0 Å². The molecule has 138 valence electrons. The summed E-state index contributed by atoms with van der Waals surface area (Å²) >= 11 is 0. The van der Waals surface area contributed by atoms with Crippen LogP contribution in [0.25, 0.3) is 0 Å². The van der Waals surface area contributed by atoms with Crippen LogP contribution in [0.1, 0.15) is 25.3 Å². The highest BCUT2D eigenvalue weighted by Gasteiger charge is 2.39. The molecule has 25 heavy (non-hydrogen) atoms. The number of nitrogens with one attached hydrogen (secondary N) is 1. The molecule has 0 saturated carbocycles. The van der Waals surface area contributed by atoms with Crippen LogP contribution in [-0.2, 0) is 30.6 Å². The van der Waals surface area contributed by atoms with E-state index in [1.165, 1.54) is 0 Å². The van der Waals surface area contributed by atoms with E-state index in [0.29, 0.717) is 12.8 Å². The van der Waals surface area contributed by atoms with Gasteiger partial charge in [0, 0.05) is 6.42 Å². The Hall–Kier alpha value is -2.09. The van der Waals surface area contributed by atoms with Crippen LogP contribution in [0.2, 0.25) is 0 Å². The summed E-state index contributed by atoms with van der Waals surface area (Å²) < 4.78 is 33.0. The van der Waals surface area contributed by atoms with E-state index in [1.54, 1.807) is 14.0 Å². The highest BCUT2D eigenvalue weighted by molar-refractivity contribution is 7.91. The van der Waals surface area contributed by atoms with Gasteiger partial charge in [-0.2, -0.15) is 0 Å². The molecule has 7 nitrogen and oxygen atoms in total. The van der Waals surface area contributed by atoms with E-state index >= 15 is 0 Å². The maximum atomic E-state index is 11.9. The molecule has 1 amide bonds. The monoisotopic (exact) mass is 369 g/mol. The predicted molar refractivity (Wildman–Crippen MR) is 92.1 cm³/mol. The third-order valence-electron chi connectivity index (χ3n) is 4.09. The Morgan fingerprint density at radius 2 is 1.92 bits per heavy atom. The number of carbonyl (C=O) groups is 2. The number of methoxy groups -OCH3 is 1. The molecule has 0 radical (unpaired) electrons. The molecule has 0 aromatic heterocycles. The molecule has 1 atom stereocenters. The first-order chi connectivity index (χ1) is 11.7. The number of rotatable bonds is 7. The third kappa shape index (κ3) is 6.04. The Labute approximate surface area is 147 Å². The average molecular weight is 369 g/mol. The van der Waals surface area contributed by atoms with Crippen molar-refractivity contribution in [3.8, 4) is 5.75 Å². The molecule has 0 bridgehead atoms. The van der Waals surface area contributed by atoms with Crippen LogP contribution >= 0.6 is 0 Å². The van der Waals surface area contributed by atoms with E-state index in [1.807, 2.05) is 24.3 Å². The van der Waals surface area contributed by atoms with Crippen LogP contribution in [-0.4, -0.2) is 51.1 Å². The first kappa shape index (κ1) is 19.2. The molecular weight excluding hydrogens is 346 g/mol. The van der Waals surface area contributed by atoms with Crippen molar-refractivity contribution in [1.29, 1.82) is 0 Å². The summed E-state index contributed by atoms with van der Waals surface area (Å²) in [5.41, 5.74) is 0.177. The molecule has 1 aromatic rings. The minimum Gasteiger partial charge on any atom is -0.497 e. The second-order valence-electron chi connectivity index (χ2n) is 6.46. The van der Waals surface area contributed by atoms with Crippen molar-refractivity contribution in [1.82, 2.24) is 5.32 Å². The number of carbonyl (C=O) groups excluding carboxylic acids is 2. The normalized spacial score (nSPS) is 21.5. The van der Waals surface area contributed by atoms with Crippen molar-refractivity contribution in [2.24, 2.45) is 0 Å². The van der Waals surface area contributed by atoms with E-state index < -0.39 is 33.9 Å². The quantitative estimate of drug-likeness (QED) is 0.716. The first-order valence-corrected chi connectivity index (χ1v) is 9.83. The number of ether oxygens (including phenoxy) is 2. The largest absolute Gasteiger partial charge is 0.497 e. The molecule has 0 spiro atoms. The minimum absolute atomic E-state index is 0.0609. The Morgan fingerprint density at radius 3 is 2.48 bits per heavy atom. The highest BCUT2D eigenvalue weighted by atomic mass is 32.2. The van der Waals surface area contributed by atoms with Gasteiger partial charge in [-0.05, 0) is 37.5 Å². The zero-order chi connectivity index (χ0) is 18.5. The molecule has 0 unspecified atom stereocenters. The summed E-state index contributed by atoms with van der Waals surface area (Å²) in [6.07, 6.45) is 1.03. The zero-order valence-corrected chi connectivity index (χ0v) is 15.2. The van der Waals surface area contributed by atoms with E-state index in [9.17, 15) is 18.0 Å². The van der Waals surface area contributed by atoms with Gasteiger partial charge in [0.2, 0.25) is 0 Å². The van der Waals surface area contributed by atoms with Crippen molar-refractivity contribution in [2.75, 3.05) is 25.2 Å². The van der Waals surface area contributed by atoms with Gasteiger partial charge < -0.3 is 14.8 Å². The number of hydrogen-bond donors (Lipinski definition) is 1. The van der Waals surface area contributed by atoms with Crippen molar-refractivity contribution < 1.29 is 27.5 Å². The number of sulfone groups is 1. The predicted octanol–water partition coefficient (Wildman–Crippen LogP) is 0.864. The van der Waals surface area contributed by atoms with Gasteiger partial charge in [-0.1, -0.05) is 12.1 Å². The smallest absolute Gasteiger partial charge is 0.306 e. The molecule has 1 saturated heterocycles. The summed E-state index contributed by atoms with van der Waals surface area (Å²) in [6, 6.07) is 7.34. The maximum Gasteiger partial charge on any atom is 0.306 e. The molecule has 1 aliphatic heterocycles. The summed E-state index contributed by atoms with van der Waals surface area (Å²) in [7, 11) is -1.52. The van der Waals surface area contributed by atoms with Crippen molar-refractivity contribution >= 4 is 21.7 Å². The third-order valence-corrected chi connectivity index (χ3v) is 5.99. The molecule has 1 aromatic carbocycles. The van der Waals surface area contributed by atoms with Crippen LogP contribution < -0.4 is 10.1 Å².